The Kier molecular flexibility index (Phi) is 3.93. The summed E-state index contributed by atoms with van der Waals surface area (Å²) in [7, 11) is 0. The van der Waals surface area contributed by atoms with E-state index in [1.807, 2.05) is 13.0 Å². The highest BCUT2D eigenvalue weighted by molar-refractivity contribution is 5.60. The van der Waals surface area contributed by atoms with Crippen LogP contribution in [-0.2, 0) is 0 Å². The van der Waals surface area contributed by atoms with Gasteiger partial charge >= 0.3 is 0 Å². The van der Waals surface area contributed by atoms with Crippen LogP contribution in [0.25, 0.3) is 0 Å². The molecule has 0 amide bonds. The van der Waals surface area contributed by atoms with Crippen molar-refractivity contribution in [3.63, 3.8) is 0 Å². The summed E-state index contributed by atoms with van der Waals surface area (Å²) in [6.45, 7) is 5.33. The molecule has 106 valence electrons. The number of nitriles is 1. The molecule has 1 unspecified atom stereocenters. The van der Waals surface area contributed by atoms with Gasteiger partial charge in [-0.2, -0.15) is 5.26 Å². The lowest BCUT2D eigenvalue weighted by atomic mass is 10.1. The zero-order valence-corrected chi connectivity index (χ0v) is 12.2. The maximum Gasteiger partial charge on any atom is 0.101 e. The van der Waals surface area contributed by atoms with E-state index in [2.05, 4.69) is 28.4 Å². The molecule has 0 bridgehead atoms. The summed E-state index contributed by atoms with van der Waals surface area (Å²) >= 11 is 0. The summed E-state index contributed by atoms with van der Waals surface area (Å²) in [5.74, 6) is 0.837. The Bertz CT molecular complexity index is 507. The van der Waals surface area contributed by atoms with Crippen LogP contribution in [0.1, 0.15) is 36.8 Å². The Morgan fingerprint density at radius 1 is 1.30 bits per heavy atom. The number of benzene rings is 1. The molecule has 2 aliphatic rings. The van der Waals surface area contributed by atoms with Crippen LogP contribution in [0.15, 0.2) is 18.2 Å². The summed E-state index contributed by atoms with van der Waals surface area (Å²) in [6, 6.07) is 9.22. The zero-order valence-electron chi connectivity index (χ0n) is 12.2. The number of hydrogen-bond donors (Lipinski definition) is 1. The van der Waals surface area contributed by atoms with Gasteiger partial charge in [0.15, 0.2) is 0 Å². The molecule has 2 fully saturated rings. The number of anilines is 1. The highest BCUT2D eigenvalue weighted by atomic mass is 15.2. The first-order valence-electron chi connectivity index (χ1n) is 7.75. The van der Waals surface area contributed by atoms with E-state index in [4.69, 9.17) is 0 Å². The predicted molar refractivity (Wildman–Crippen MR) is 81.9 cm³/mol. The van der Waals surface area contributed by atoms with Gasteiger partial charge in [-0.1, -0.05) is 6.07 Å². The first kappa shape index (κ1) is 13.5. The maximum absolute atomic E-state index is 9.41. The summed E-state index contributed by atoms with van der Waals surface area (Å²) in [5.41, 5.74) is 3.11. The molecule has 3 nitrogen and oxygen atoms in total. The first-order valence-corrected chi connectivity index (χ1v) is 7.75. The number of rotatable bonds is 5. The van der Waals surface area contributed by atoms with Crippen LogP contribution in [0.2, 0.25) is 0 Å². The minimum Gasteiger partial charge on any atom is -0.369 e. The molecule has 0 aromatic heterocycles. The summed E-state index contributed by atoms with van der Waals surface area (Å²) in [4.78, 5) is 2.44. The second-order valence-electron chi connectivity index (χ2n) is 6.27. The van der Waals surface area contributed by atoms with Crippen molar-refractivity contribution in [2.45, 2.75) is 38.6 Å². The standard InChI is InChI=1S/C17H23N3/c1-13-4-7-17(15(9-13)10-18)20(11-14-5-6-14)12-16-3-2-8-19-16/h4,7,9,14,16,19H,2-3,5-6,8,11-12H2,1H3. The molecular weight excluding hydrogens is 246 g/mol. The topological polar surface area (TPSA) is 39.1 Å². The van der Waals surface area contributed by atoms with Gasteiger partial charge in [-0.3, -0.25) is 0 Å². The highest BCUT2D eigenvalue weighted by Gasteiger charge is 2.27. The van der Waals surface area contributed by atoms with E-state index < -0.39 is 0 Å². The molecule has 3 rings (SSSR count). The lowest BCUT2D eigenvalue weighted by Gasteiger charge is -2.29. The van der Waals surface area contributed by atoms with Gasteiger partial charge in [-0.25, -0.2) is 0 Å². The minimum atomic E-state index is 0.585. The van der Waals surface area contributed by atoms with Crippen molar-refractivity contribution in [3.8, 4) is 6.07 Å². The monoisotopic (exact) mass is 269 g/mol. The second-order valence-corrected chi connectivity index (χ2v) is 6.27. The fourth-order valence-electron chi connectivity index (χ4n) is 3.08. The third-order valence-corrected chi connectivity index (χ3v) is 4.39. The van der Waals surface area contributed by atoms with Crippen molar-refractivity contribution < 1.29 is 0 Å². The van der Waals surface area contributed by atoms with Crippen molar-refractivity contribution in [2.24, 2.45) is 5.92 Å². The van der Waals surface area contributed by atoms with Crippen LogP contribution < -0.4 is 10.2 Å². The van der Waals surface area contributed by atoms with Gasteiger partial charge in [0.25, 0.3) is 0 Å². The molecule has 0 radical (unpaired) electrons. The lowest BCUT2D eigenvalue weighted by Crippen LogP contribution is -2.39. The van der Waals surface area contributed by atoms with Crippen molar-refractivity contribution in [2.75, 3.05) is 24.5 Å². The van der Waals surface area contributed by atoms with Crippen molar-refractivity contribution in [1.29, 1.82) is 5.26 Å². The molecule has 1 aromatic rings. The van der Waals surface area contributed by atoms with E-state index in [9.17, 15) is 5.26 Å². The third-order valence-electron chi connectivity index (χ3n) is 4.39. The summed E-state index contributed by atoms with van der Waals surface area (Å²) in [6.07, 6.45) is 5.24. The molecule has 1 saturated heterocycles. The summed E-state index contributed by atoms with van der Waals surface area (Å²) < 4.78 is 0. The third kappa shape index (κ3) is 3.13. The molecule has 1 aliphatic heterocycles. The van der Waals surface area contributed by atoms with E-state index in [0.29, 0.717) is 6.04 Å². The molecule has 3 heteroatoms. The van der Waals surface area contributed by atoms with Crippen LogP contribution in [0.4, 0.5) is 5.69 Å². The minimum absolute atomic E-state index is 0.585. The van der Waals surface area contributed by atoms with Gasteiger partial charge in [0.1, 0.15) is 6.07 Å². The maximum atomic E-state index is 9.41. The van der Waals surface area contributed by atoms with E-state index in [1.165, 1.54) is 25.7 Å². The van der Waals surface area contributed by atoms with Gasteiger partial charge in [-0.15, -0.1) is 0 Å². The lowest BCUT2D eigenvalue weighted by molar-refractivity contribution is 0.570. The molecule has 1 N–H and O–H groups in total. The fourth-order valence-corrected chi connectivity index (χ4v) is 3.08. The Labute approximate surface area is 121 Å². The number of nitrogens with zero attached hydrogens (tertiary/aromatic N) is 2. The van der Waals surface area contributed by atoms with Crippen LogP contribution in [0, 0.1) is 24.2 Å². The average molecular weight is 269 g/mol. The Balaban J connectivity index is 1.81. The zero-order chi connectivity index (χ0) is 13.9. The SMILES string of the molecule is Cc1ccc(N(CC2CC2)CC2CCCN2)c(C#N)c1. The van der Waals surface area contributed by atoms with Crippen LogP contribution in [0.3, 0.4) is 0 Å². The van der Waals surface area contributed by atoms with E-state index in [-0.39, 0.29) is 0 Å². The molecule has 1 aromatic carbocycles. The molecule has 1 saturated carbocycles. The van der Waals surface area contributed by atoms with Crippen LogP contribution in [-0.4, -0.2) is 25.7 Å². The van der Waals surface area contributed by atoms with Gasteiger partial charge < -0.3 is 10.2 Å². The van der Waals surface area contributed by atoms with E-state index in [0.717, 1.165) is 42.4 Å². The fraction of sp³-hybridized carbons (Fsp3) is 0.588. The number of nitrogens with one attached hydrogen (secondary N) is 1. The molecule has 1 heterocycles. The molecule has 1 atom stereocenters. The predicted octanol–water partition coefficient (Wildman–Crippen LogP) is 2.84. The summed E-state index contributed by atoms with van der Waals surface area (Å²) in [5, 5.41) is 13.0. The first-order chi connectivity index (χ1) is 9.76. The normalized spacial score (nSPS) is 21.7. The average Bonchev–Trinajstić information content (AvgIpc) is 3.11. The van der Waals surface area contributed by atoms with Crippen LogP contribution in [0.5, 0.6) is 0 Å². The van der Waals surface area contributed by atoms with Gasteiger partial charge in [0.05, 0.1) is 11.3 Å². The van der Waals surface area contributed by atoms with Gasteiger partial charge in [0, 0.05) is 19.1 Å². The molecule has 0 spiro atoms. The Morgan fingerprint density at radius 2 is 2.15 bits per heavy atom. The largest absolute Gasteiger partial charge is 0.369 e. The molecule has 20 heavy (non-hydrogen) atoms. The highest BCUT2D eigenvalue weighted by Crippen LogP contribution is 2.33. The quantitative estimate of drug-likeness (QED) is 0.893. The molecule has 1 aliphatic carbocycles. The number of aryl methyl sites for hydroxylation is 1. The van der Waals surface area contributed by atoms with Crippen LogP contribution >= 0.6 is 0 Å². The Hall–Kier alpha value is -1.53. The second kappa shape index (κ2) is 5.85. The Morgan fingerprint density at radius 3 is 2.80 bits per heavy atom. The van der Waals surface area contributed by atoms with Crippen molar-refractivity contribution in [1.82, 2.24) is 5.32 Å². The van der Waals surface area contributed by atoms with E-state index >= 15 is 0 Å². The van der Waals surface area contributed by atoms with Crippen molar-refractivity contribution in [3.05, 3.63) is 29.3 Å². The van der Waals surface area contributed by atoms with Crippen molar-refractivity contribution >= 4 is 5.69 Å². The van der Waals surface area contributed by atoms with E-state index in [1.54, 1.807) is 0 Å². The van der Waals surface area contributed by atoms with Gasteiger partial charge in [0.2, 0.25) is 0 Å². The smallest absolute Gasteiger partial charge is 0.101 e. The molecular formula is C17H23N3. The van der Waals surface area contributed by atoms with Gasteiger partial charge in [-0.05, 0) is 62.8 Å². The number of hydrogen-bond acceptors (Lipinski definition) is 3.